The minimum atomic E-state index is -1.20. The van der Waals surface area contributed by atoms with Crippen molar-refractivity contribution in [3.05, 3.63) is 57.2 Å². The van der Waals surface area contributed by atoms with E-state index in [4.69, 9.17) is 9.47 Å². The maximum atomic E-state index is 12.3. The number of hydrogen-bond acceptors (Lipinski definition) is 4. The van der Waals surface area contributed by atoms with Crippen molar-refractivity contribution in [3.63, 3.8) is 0 Å². The fourth-order valence-corrected chi connectivity index (χ4v) is 2.98. The van der Waals surface area contributed by atoms with Gasteiger partial charge in [0.15, 0.2) is 18.0 Å². The molecule has 1 aliphatic heterocycles. The first-order chi connectivity index (χ1) is 10.1. The van der Waals surface area contributed by atoms with Crippen molar-refractivity contribution in [3.8, 4) is 11.5 Å². The number of aliphatic hydroxyl groups excluding tert-OH is 1. The summed E-state index contributed by atoms with van der Waals surface area (Å²) in [5, 5.41) is 10.2. The largest absolute Gasteiger partial charge is 0.497 e. The first-order valence-electron chi connectivity index (χ1n) is 6.43. The summed E-state index contributed by atoms with van der Waals surface area (Å²) in [5.74, 6) is 0.940. The highest BCUT2D eigenvalue weighted by Crippen LogP contribution is 2.38. The van der Waals surface area contributed by atoms with Crippen LogP contribution in [0, 0.1) is 3.57 Å². The molecule has 2 aromatic rings. The van der Waals surface area contributed by atoms with Crippen molar-refractivity contribution in [2.45, 2.75) is 12.2 Å². The van der Waals surface area contributed by atoms with Crippen LogP contribution in [0.2, 0.25) is 0 Å². The number of methoxy groups -OCH3 is 1. The molecule has 21 heavy (non-hydrogen) atoms. The number of benzene rings is 2. The molecule has 0 amide bonds. The zero-order valence-electron chi connectivity index (χ0n) is 11.2. The third-order valence-corrected chi connectivity index (χ3v) is 4.33. The summed E-state index contributed by atoms with van der Waals surface area (Å²) in [6, 6.07) is 12.5. The van der Waals surface area contributed by atoms with Gasteiger partial charge in [0.25, 0.3) is 0 Å². The highest BCUT2D eigenvalue weighted by molar-refractivity contribution is 14.1. The number of carbonyl (C=O) groups is 1. The maximum absolute atomic E-state index is 12.3. The lowest BCUT2D eigenvalue weighted by atomic mass is 9.93. The lowest BCUT2D eigenvalue weighted by Gasteiger charge is -2.30. The van der Waals surface area contributed by atoms with Gasteiger partial charge in [-0.3, -0.25) is 4.79 Å². The summed E-state index contributed by atoms with van der Waals surface area (Å²) in [4.78, 5) is 12.3. The van der Waals surface area contributed by atoms with Crippen LogP contribution >= 0.6 is 22.6 Å². The van der Waals surface area contributed by atoms with Crippen LogP contribution in [-0.4, -0.2) is 24.1 Å². The van der Waals surface area contributed by atoms with Crippen LogP contribution < -0.4 is 9.47 Å². The van der Waals surface area contributed by atoms with E-state index in [1.807, 2.05) is 6.07 Å². The molecule has 0 unspecified atom stereocenters. The van der Waals surface area contributed by atoms with Gasteiger partial charge in [-0.2, -0.15) is 0 Å². The first kappa shape index (κ1) is 14.3. The quantitative estimate of drug-likeness (QED) is 0.794. The standard InChI is InChI=1S/C16H13IO4/c1-20-10-7-5-9(6-8-10)15-14(19)13(18)11-3-2-4-12(17)16(11)21-15/h2-8,14-15,19H,1H3/t14-,15+/m1/s1. The van der Waals surface area contributed by atoms with E-state index in [0.717, 1.165) is 9.13 Å². The summed E-state index contributed by atoms with van der Waals surface area (Å²) >= 11 is 2.12. The number of para-hydroxylation sites is 1. The van der Waals surface area contributed by atoms with E-state index in [9.17, 15) is 9.90 Å². The summed E-state index contributed by atoms with van der Waals surface area (Å²) < 4.78 is 11.8. The Hall–Kier alpha value is -1.60. The van der Waals surface area contributed by atoms with Gasteiger partial charge in [-0.25, -0.2) is 0 Å². The normalized spacial score (nSPS) is 20.6. The van der Waals surface area contributed by atoms with Crippen LogP contribution in [0.1, 0.15) is 22.0 Å². The molecule has 0 bridgehead atoms. The number of ether oxygens (including phenoxy) is 2. The van der Waals surface area contributed by atoms with E-state index < -0.39 is 12.2 Å². The number of rotatable bonds is 2. The predicted octanol–water partition coefficient (Wildman–Crippen LogP) is 2.98. The summed E-state index contributed by atoms with van der Waals surface area (Å²) in [6.07, 6.45) is -1.91. The van der Waals surface area contributed by atoms with E-state index >= 15 is 0 Å². The molecule has 4 nitrogen and oxygen atoms in total. The van der Waals surface area contributed by atoms with Gasteiger partial charge in [0, 0.05) is 0 Å². The minimum absolute atomic E-state index is 0.310. The highest BCUT2D eigenvalue weighted by Gasteiger charge is 2.37. The van der Waals surface area contributed by atoms with Gasteiger partial charge in [-0.05, 0) is 52.4 Å². The Labute approximate surface area is 135 Å². The van der Waals surface area contributed by atoms with Crippen LogP contribution in [0.4, 0.5) is 0 Å². The Morgan fingerprint density at radius 1 is 1.19 bits per heavy atom. The van der Waals surface area contributed by atoms with E-state index in [2.05, 4.69) is 22.6 Å². The van der Waals surface area contributed by atoms with Crippen molar-refractivity contribution < 1.29 is 19.4 Å². The van der Waals surface area contributed by atoms with E-state index in [1.165, 1.54) is 0 Å². The molecule has 0 saturated carbocycles. The van der Waals surface area contributed by atoms with Crippen LogP contribution in [0.3, 0.4) is 0 Å². The third kappa shape index (κ3) is 2.51. The van der Waals surface area contributed by atoms with Gasteiger partial charge in [-0.15, -0.1) is 0 Å². The SMILES string of the molecule is COc1ccc([C@@H]2Oc3c(I)cccc3C(=O)[C@H]2O)cc1. The molecule has 5 heteroatoms. The Morgan fingerprint density at radius 2 is 1.90 bits per heavy atom. The minimum Gasteiger partial charge on any atom is -0.497 e. The van der Waals surface area contributed by atoms with Crippen molar-refractivity contribution in [2.24, 2.45) is 0 Å². The molecule has 0 spiro atoms. The van der Waals surface area contributed by atoms with Gasteiger partial charge in [0.2, 0.25) is 0 Å². The molecule has 0 aliphatic carbocycles. The van der Waals surface area contributed by atoms with Crippen molar-refractivity contribution in [2.75, 3.05) is 7.11 Å². The molecular weight excluding hydrogens is 383 g/mol. The average molecular weight is 396 g/mol. The van der Waals surface area contributed by atoms with E-state index in [0.29, 0.717) is 17.1 Å². The topological polar surface area (TPSA) is 55.8 Å². The van der Waals surface area contributed by atoms with Gasteiger partial charge in [0.05, 0.1) is 16.2 Å². The predicted molar refractivity (Wildman–Crippen MR) is 85.9 cm³/mol. The smallest absolute Gasteiger partial charge is 0.199 e. The van der Waals surface area contributed by atoms with Crippen LogP contribution in [0.25, 0.3) is 0 Å². The molecule has 0 aromatic heterocycles. The van der Waals surface area contributed by atoms with E-state index in [-0.39, 0.29) is 5.78 Å². The second-order valence-corrected chi connectivity index (χ2v) is 5.90. The van der Waals surface area contributed by atoms with Gasteiger partial charge < -0.3 is 14.6 Å². The maximum Gasteiger partial charge on any atom is 0.199 e. The van der Waals surface area contributed by atoms with Crippen molar-refractivity contribution in [1.29, 1.82) is 0 Å². The molecule has 2 atom stereocenters. The molecular formula is C16H13IO4. The number of hydrogen-bond donors (Lipinski definition) is 1. The summed E-state index contributed by atoms with van der Waals surface area (Å²) in [7, 11) is 1.59. The molecule has 1 N–H and O–H groups in total. The molecule has 0 radical (unpaired) electrons. The molecule has 2 aromatic carbocycles. The van der Waals surface area contributed by atoms with Gasteiger partial charge in [-0.1, -0.05) is 18.2 Å². The van der Waals surface area contributed by atoms with Gasteiger partial charge >= 0.3 is 0 Å². The second-order valence-electron chi connectivity index (χ2n) is 4.74. The highest BCUT2D eigenvalue weighted by atomic mass is 127. The molecule has 108 valence electrons. The summed E-state index contributed by atoms with van der Waals surface area (Å²) in [6.45, 7) is 0. The first-order valence-corrected chi connectivity index (χ1v) is 7.51. The summed E-state index contributed by atoms with van der Waals surface area (Å²) in [5.41, 5.74) is 1.17. The second kappa shape index (κ2) is 5.65. The Morgan fingerprint density at radius 3 is 2.57 bits per heavy atom. The molecule has 1 heterocycles. The number of Topliss-reactive ketones (excluding diaryl/α,β-unsaturated/α-hetero) is 1. The Balaban J connectivity index is 2.01. The lowest BCUT2D eigenvalue weighted by Crippen LogP contribution is -2.36. The van der Waals surface area contributed by atoms with Crippen LogP contribution in [-0.2, 0) is 0 Å². The zero-order chi connectivity index (χ0) is 15.0. The Bertz CT molecular complexity index is 681. The van der Waals surface area contributed by atoms with Gasteiger partial charge in [0.1, 0.15) is 11.5 Å². The zero-order valence-corrected chi connectivity index (χ0v) is 13.4. The number of aliphatic hydroxyl groups is 1. The van der Waals surface area contributed by atoms with Crippen molar-refractivity contribution in [1.82, 2.24) is 0 Å². The molecule has 1 aliphatic rings. The molecule has 3 rings (SSSR count). The number of fused-ring (bicyclic) bond motifs is 1. The fraction of sp³-hybridized carbons (Fsp3) is 0.188. The Kier molecular flexibility index (Phi) is 3.86. The number of halogens is 1. The fourth-order valence-electron chi connectivity index (χ4n) is 2.35. The monoisotopic (exact) mass is 396 g/mol. The van der Waals surface area contributed by atoms with E-state index in [1.54, 1.807) is 43.5 Å². The molecule has 0 fully saturated rings. The molecule has 0 saturated heterocycles. The average Bonchev–Trinajstić information content (AvgIpc) is 2.51. The number of ketones is 1. The van der Waals surface area contributed by atoms with Crippen LogP contribution in [0.15, 0.2) is 42.5 Å². The van der Waals surface area contributed by atoms with Crippen LogP contribution in [0.5, 0.6) is 11.5 Å². The lowest BCUT2D eigenvalue weighted by molar-refractivity contribution is 0.0212. The third-order valence-electron chi connectivity index (χ3n) is 3.48. The number of carbonyl (C=O) groups excluding carboxylic acids is 1. The van der Waals surface area contributed by atoms with Crippen molar-refractivity contribution >= 4 is 28.4 Å².